The van der Waals surface area contributed by atoms with Crippen LogP contribution in [0.3, 0.4) is 0 Å². The molecule has 0 saturated heterocycles. The van der Waals surface area contributed by atoms with Gasteiger partial charge < -0.3 is 15.0 Å². The molecule has 1 atom stereocenters. The van der Waals surface area contributed by atoms with Crippen molar-refractivity contribution in [2.24, 2.45) is 0 Å². The van der Waals surface area contributed by atoms with E-state index in [-0.39, 0.29) is 11.5 Å². The number of imidazole rings is 1. The summed E-state index contributed by atoms with van der Waals surface area (Å²) in [6, 6.07) is 6.61. The zero-order chi connectivity index (χ0) is 26.7. The van der Waals surface area contributed by atoms with E-state index in [1.807, 2.05) is 27.7 Å². The van der Waals surface area contributed by atoms with E-state index < -0.39 is 16.1 Å². The van der Waals surface area contributed by atoms with Gasteiger partial charge in [-0.3, -0.25) is 4.72 Å². The average molecular weight is 535 g/mol. The number of aryl methyl sites for hydroxylation is 1. The predicted octanol–water partition coefficient (Wildman–Crippen LogP) is 4.53. The molecule has 3 aromatic rings. The summed E-state index contributed by atoms with van der Waals surface area (Å²) in [7, 11) is -2.17. The summed E-state index contributed by atoms with van der Waals surface area (Å²) in [5.74, 6) is 1.34. The van der Waals surface area contributed by atoms with Crippen LogP contribution in [0.5, 0.6) is 0 Å². The molecular formula is C24H31ClN6O4S. The van der Waals surface area contributed by atoms with E-state index in [9.17, 15) is 13.2 Å². The number of ether oxygens (including phenoxy) is 1. The molecule has 0 aliphatic heterocycles. The van der Waals surface area contributed by atoms with Gasteiger partial charge in [0.2, 0.25) is 10.0 Å². The Balaban J connectivity index is 2.01. The number of nitrogens with one attached hydrogen (secondary N) is 3. The van der Waals surface area contributed by atoms with Crippen molar-refractivity contribution < 1.29 is 17.9 Å². The fraction of sp³-hybridized carbons (Fsp3) is 0.417. The number of anilines is 1. The zero-order valence-electron chi connectivity index (χ0n) is 21.1. The smallest absolute Gasteiger partial charge is 0.407 e. The first-order chi connectivity index (χ1) is 16.7. The van der Waals surface area contributed by atoms with Crippen LogP contribution in [-0.4, -0.2) is 53.9 Å². The molecule has 0 aliphatic rings. The number of aromatic nitrogens is 4. The molecule has 2 aromatic heterocycles. The SMILES string of the molecule is COC(=O)N[C@@H](C)CCc1nccc(-c2[nH]c(C(C)(C)C)nc2-c2cc(Cl)cc(NS(C)(=O)=O)c2)n1. The first-order valence-corrected chi connectivity index (χ1v) is 13.6. The number of nitrogens with zero attached hydrogens (tertiary/aromatic N) is 3. The topological polar surface area (TPSA) is 139 Å². The third kappa shape index (κ3) is 7.41. The summed E-state index contributed by atoms with van der Waals surface area (Å²) in [6.45, 7) is 7.99. The van der Waals surface area contributed by atoms with Crippen LogP contribution >= 0.6 is 11.6 Å². The summed E-state index contributed by atoms with van der Waals surface area (Å²) >= 11 is 6.33. The molecule has 12 heteroatoms. The minimum absolute atomic E-state index is 0.118. The first kappa shape index (κ1) is 27.4. The van der Waals surface area contributed by atoms with Crippen LogP contribution in [0.2, 0.25) is 5.02 Å². The Bertz CT molecular complexity index is 1350. The van der Waals surface area contributed by atoms with Gasteiger partial charge in [-0.05, 0) is 37.6 Å². The summed E-state index contributed by atoms with van der Waals surface area (Å²) < 4.78 is 30.7. The number of amides is 1. The second kappa shape index (κ2) is 10.8. The third-order valence-electron chi connectivity index (χ3n) is 5.20. The van der Waals surface area contributed by atoms with Crippen LogP contribution in [0, 0.1) is 0 Å². The van der Waals surface area contributed by atoms with Crippen LogP contribution in [0.1, 0.15) is 45.8 Å². The standard InChI is InChI=1S/C24H31ClN6O4S/c1-14(27-23(32)35-5)7-8-19-26-10-9-18(28-19)21-20(29-22(30-21)24(2,3)4)15-11-16(25)13-17(12-15)31-36(6,33)34/h9-14,31H,7-8H2,1-6H3,(H,27,32)(H,29,30)/t14-/m0/s1. The fourth-order valence-electron chi connectivity index (χ4n) is 3.46. The molecule has 36 heavy (non-hydrogen) atoms. The van der Waals surface area contributed by atoms with Crippen LogP contribution in [0.25, 0.3) is 22.6 Å². The Morgan fingerprint density at radius 2 is 1.94 bits per heavy atom. The number of aromatic amines is 1. The van der Waals surface area contributed by atoms with Crippen LogP contribution in [0.4, 0.5) is 10.5 Å². The largest absolute Gasteiger partial charge is 0.453 e. The Hall–Kier alpha value is -3.18. The lowest BCUT2D eigenvalue weighted by molar-refractivity contribution is 0.167. The number of benzene rings is 1. The molecule has 0 bridgehead atoms. The summed E-state index contributed by atoms with van der Waals surface area (Å²) in [5.41, 5.74) is 2.56. The molecule has 2 heterocycles. The molecule has 3 rings (SSSR count). The lowest BCUT2D eigenvalue weighted by atomic mass is 9.96. The monoisotopic (exact) mass is 534 g/mol. The van der Waals surface area contributed by atoms with Gasteiger partial charge in [0.25, 0.3) is 0 Å². The van der Waals surface area contributed by atoms with Crippen molar-refractivity contribution in [1.29, 1.82) is 0 Å². The van der Waals surface area contributed by atoms with Crippen molar-refractivity contribution in [2.75, 3.05) is 18.1 Å². The van der Waals surface area contributed by atoms with Gasteiger partial charge in [0.1, 0.15) is 11.6 Å². The van der Waals surface area contributed by atoms with Crippen molar-refractivity contribution in [3.63, 3.8) is 0 Å². The second-order valence-corrected chi connectivity index (χ2v) is 11.8. The van der Waals surface area contributed by atoms with Gasteiger partial charge in [0, 0.05) is 34.7 Å². The van der Waals surface area contributed by atoms with Crippen LogP contribution in [-0.2, 0) is 26.6 Å². The highest BCUT2D eigenvalue weighted by molar-refractivity contribution is 7.92. The van der Waals surface area contributed by atoms with Crippen LogP contribution in [0.15, 0.2) is 30.5 Å². The molecule has 0 spiro atoms. The van der Waals surface area contributed by atoms with Crippen LogP contribution < -0.4 is 10.0 Å². The van der Waals surface area contributed by atoms with E-state index in [2.05, 4.69) is 24.7 Å². The number of hydrogen-bond donors (Lipinski definition) is 3. The molecule has 0 aliphatic carbocycles. The first-order valence-electron chi connectivity index (χ1n) is 11.3. The highest BCUT2D eigenvalue weighted by Crippen LogP contribution is 2.35. The predicted molar refractivity (Wildman–Crippen MR) is 141 cm³/mol. The van der Waals surface area contributed by atoms with Gasteiger partial charge in [-0.2, -0.15) is 0 Å². The van der Waals surface area contributed by atoms with Gasteiger partial charge in [-0.1, -0.05) is 32.4 Å². The number of alkyl carbamates (subject to hydrolysis) is 1. The van der Waals surface area contributed by atoms with Gasteiger partial charge in [-0.25, -0.2) is 28.2 Å². The van der Waals surface area contributed by atoms with Crippen molar-refractivity contribution in [3.8, 4) is 22.6 Å². The highest BCUT2D eigenvalue weighted by atomic mass is 35.5. The van der Waals surface area contributed by atoms with Gasteiger partial charge in [0.15, 0.2) is 0 Å². The number of hydrogen-bond acceptors (Lipinski definition) is 7. The van der Waals surface area contributed by atoms with Crippen molar-refractivity contribution in [1.82, 2.24) is 25.3 Å². The van der Waals surface area contributed by atoms with E-state index in [0.717, 1.165) is 12.1 Å². The van der Waals surface area contributed by atoms with Gasteiger partial charge in [0.05, 0.1) is 36.1 Å². The van der Waals surface area contributed by atoms with E-state index in [1.54, 1.807) is 24.4 Å². The summed E-state index contributed by atoms with van der Waals surface area (Å²) in [5, 5.41) is 3.09. The van der Waals surface area contributed by atoms with Crippen molar-refractivity contribution in [2.45, 2.75) is 52.0 Å². The molecule has 1 amide bonds. The van der Waals surface area contributed by atoms with E-state index >= 15 is 0 Å². The number of halogens is 1. The highest BCUT2D eigenvalue weighted by Gasteiger charge is 2.24. The number of methoxy groups -OCH3 is 1. The molecule has 3 N–H and O–H groups in total. The number of H-pyrrole nitrogens is 1. The maximum atomic E-state index is 11.8. The number of rotatable bonds is 8. The third-order valence-corrected chi connectivity index (χ3v) is 6.03. The van der Waals surface area contributed by atoms with Crippen molar-refractivity contribution in [3.05, 3.63) is 47.1 Å². The Morgan fingerprint density at radius 3 is 2.58 bits per heavy atom. The normalized spacial score (nSPS) is 12.8. The second-order valence-electron chi connectivity index (χ2n) is 9.60. The van der Waals surface area contributed by atoms with E-state index in [0.29, 0.717) is 52.0 Å². The lowest BCUT2D eigenvalue weighted by Gasteiger charge is -2.14. The quantitative estimate of drug-likeness (QED) is 0.385. The minimum Gasteiger partial charge on any atom is -0.453 e. The van der Waals surface area contributed by atoms with Gasteiger partial charge in [-0.15, -0.1) is 0 Å². The maximum Gasteiger partial charge on any atom is 0.407 e. The summed E-state index contributed by atoms with van der Waals surface area (Å²) in [6.07, 6.45) is 3.42. The maximum absolute atomic E-state index is 11.8. The summed E-state index contributed by atoms with van der Waals surface area (Å²) in [4.78, 5) is 28.8. The average Bonchev–Trinajstić information content (AvgIpc) is 3.22. The molecule has 0 radical (unpaired) electrons. The molecular weight excluding hydrogens is 504 g/mol. The molecule has 1 aromatic carbocycles. The fourth-order valence-corrected chi connectivity index (χ4v) is 4.24. The Labute approximate surface area is 216 Å². The Morgan fingerprint density at radius 1 is 1.22 bits per heavy atom. The number of carbonyl (C=O) groups excluding carboxylic acids is 1. The Kier molecular flexibility index (Phi) is 8.25. The number of sulfonamides is 1. The van der Waals surface area contributed by atoms with E-state index in [1.165, 1.54) is 13.2 Å². The van der Waals surface area contributed by atoms with E-state index in [4.69, 9.17) is 21.6 Å². The molecule has 10 nitrogen and oxygen atoms in total. The lowest BCUT2D eigenvalue weighted by Crippen LogP contribution is -2.32. The number of carbonyl (C=O) groups is 1. The zero-order valence-corrected chi connectivity index (χ0v) is 22.7. The van der Waals surface area contributed by atoms with Crippen molar-refractivity contribution >= 4 is 33.4 Å². The minimum atomic E-state index is -3.49. The molecule has 194 valence electrons. The molecule has 0 fully saturated rings. The molecule has 0 unspecified atom stereocenters. The molecule has 0 saturated carbocycles. The van der Waals surface area contributed by atoms with Gasteiger partial charge >= 0.3 is 6.09 Å².